The Morgan fingerprint density at radius 2 is 2.26 bits per heavy atom. The number of nitrogens with zero attached hydrogens (tertiary/aromatic N) is 2. The minimum Gasteiger partial charge on any atom is -0.266 e. The van der Waals surface area contributed by atoms with Crippen LogP contribution in [0.4, 0.5) is 0 Å². The molecule has 108 valence electrons. The number of H-pyrrole nitrogens is 1. The zero-order valence-corrected chi connectivity index (χ0v) is 13.4. The topological polar surface area (TPSA) is 66.1 Å². The predicted molar refractivity (Wildman–Crippen MR) is 78.1 cm³/mol. The van der Waals surface area contributed by atoms with Gasteiger partial charge in [0.05, 0.1) is 12.1 Å². The van der Waals surface area contributed by atoms with E-state index in [1.54, 1.807) is 0 Å². The fraction of sp³-hybridized carbons (Fsp3) is 0.727. The molecule has 1 aromatic rings. The van der Waals surface area contributed by atoms with Gasteiger partial charge in [-0.1, -0.05) is 13.8 Å². The molecule has 0 aliphatic carbocycles. The van der Waals surface area contributed by atoms with Gasteiger partial charge in [-0.3, -0.25) is 5.10 Å². The molecule has 1 N–H and O–H groups in total. The summed E-state index contributed by atoms with van der Waals surface area (Å²) in [5, 5.41) is 6.48. The van der Waals surface area contributed by atoms with Gasteiger partial charge >= 0.3 is 0 Å². The molecule has 0 bridgehead atoms. The van der Waals surface area contributed by atoms with E-state index >= 15 is 0 Å². The summed E-state index contributed by atoms with van der Waals surface area (Å²) in [5.41, 5.74) is 0.526. The summed E-state index contributed by atoms with van der Waals surface area (Å²) in [5.74, 6) is 0.940. The maximum atomic E-state index is 12.6. The second-order valence-corrected chi connectivity index (χ2v) is 9.06. The van der Waals surface area contributed by atoms with Crippen molar-refractivity contribution >= 4 is 33.4 Å². The highest BCUT2D eigenvalue weighted by molar-refractivity contribution is 8.00. The molecule has 0 unspecified atom stereocenters. The molecular weight excluding hydrogens is 306 g/mol. The van der Waals surface area contributed by atoms with Gasteiger partial charge in [-0.25, -0.2) is 8.42 Å². The molecule has 1 saturated heterocycles. The molecule has 0 saturated carbocycles. The van der Waals surface area contributed by atoms with E-state index in [0.29, 0.717) is 18.7 Å². The van der Waals surface area contributed by atoms with Crippen LogP contribution in [-0.2, 0) is 15.9 Å². The Hall–Kier alpha value is -0.240. The van der Waals surface area contributed by atoms with E-state index in [1.165, 1.54) is 10.5 Å². The Morgan fingerprint density at radius 3 is 2.95 bits per heavy atom. The average molecular weight is 324 g/mol. The molecule has 1 aliphatic rings. The quantitative estimate of drug-likeness (QED) is 0.865. The Labute approximate surface area is 123 Å². The number of rotatable bonds is 3. The third-order valence-corrected chi connectivity index (χ3v) is 6.79. The Morgan fingerprint density at radius 1 is 1.53 bits per heavy atom. The summed E-state index contributed by atoms with van der Waals surface area (Å²) in [7, 11) is -3.52. The Balaban J connectivity index is 2.25. The molecule has 0 spiro atoms. The number of nitrogens with one attached hydrogen (secondary N) is 1. The lowest BCUT2D eigenvalue weighted by molar-refractivity contribution is 0.413. The largest absolute Gasteiger partial charge is 0.266 e. The van der Waals surface area contributed by atoms with Crippen LogP contribution in [0.2, 0.25) is 0 Å². The van der Waals surface area contributed by atoms with Gasteiger partial charge in [-0.05, 0) is 6.42 Å². The zero-order chi connectivity index (χ0) is 14.1. The van der Waals surface area contributed by atoms with Gasteiger partial charge in [0, 0.05) is 29.2 Å². The number of halogens is 1. The van der Waals surface area contributed by atoms with Crippen molar-refractivity contribution in [2.45, 2.75) is 35.9 Å². The van der Waals surface area contributed by atoms with E-state index in [1.807, 2.05) is 11.8 Å². The van der Waals surface area contributed by atoms with Gasteiger partial charge in [0.2, 0.25) is 0 Å². The lowest BCUT2D eigenvalue weighted by atomic mass is 10.1. The van der Waals surface area contributed by atoms with Crippen molar-refractivity contribution < 1.29 is 8.42 Å². The van der Waals surface area contributed by atoms with Crippen LogP contribution in [0, 0.1) is 0 Å². The number of sulfonamides is 1. The Bertz CT molecular complexity index is 542. The van der Waals surface area contributed by atoms with E-state index in [9.17, 15) is 8.42 Å². The standard InChI is InChI=1S/C11H18ClN3O2S2/c1-11(2)3-4-15(5-6-18-11)19(16,17)10-9(7-12)8-13-14-10/h8H,3-7H2,1-2H3,(H,13,14). The van der Waals surface area contributed by atoms with Gasteiger partial charge in [0.25, 0.3) is 10.0 Å². The lowest BCUT2D eigenvalue weighted by Crippen LogP contribution is -2.34. The molecular formula is C11H18ClN3O2S2. The van der Waals surface area contributed by atoms with Crippen LogP contribution in [0.3, 0.4) is 0 Å². The minimum atomic E-state index is -3.52. The van der Waals surface area contributed by atoms with Crippen molar-refractivity contribution in [1.29, 1.82) is 0 Å². The Kier molecular flexibility index (Phi) is 4.49. The van der Waals surface area contributed by atoms with Crippen molar-refractivity contribution in [2.75, 3.05) is 18.8 Å². The molecule has 5 nitrogen and oxygen atoms in total. The minimum absolute atomic E-state index is 0.119. The SMILES string of the molecule is CC1(C)CCN(S(=O)(=O)c2[nH]ncc2CCl)CCS1. The fourth-order valence-corrected chi connectivity index (χ4v) is 5.03. The summed E-state index contributed by atoms with van der Waals surface area (Å²) >= 11 is 7.56. The molecule has 2 heterocycles. The smallest absolute Gasteiger partial charge is 0.260 e. The molecule has 1 fully saturated rings. The maximum absolute atomic E-state index is 12.6. The van der Waals surface area contributed by atoms with Crippen molar-refractivity contribution in [1.82, 2.24) is 14.5 Å². The first kappa shape index (κ1) is 15.2. The normalized spacial score (nSPS) is 21.2. The second kappa shape index (κ2) is 5.63. The average Bonchev–Trinajstić information content (AvgIpc) is 2.74. The number of thioether (sulfide) groups is 1. The van der Waals surface area contributed by atoms with E-state index in [4.69, 9.17) is 11.6 Å². The first-order chi connectivity index (χ1) is 8.87. The number of alkyl halides is 1. The van der Waals surface area contributed by atoms with Crippen molar-refractivity contribution in [3.8, 4) is 0 Å². The molecule has 1 aromatic heterocycles. The first-order valence-electron chi connectivity index (χ1n) is 6.09. The first-order valence-corrected chi connectivity index (χ1v) is 9.05. The van der Waals surface area contributed by atoms with Gasteiger partial charge in [0.1, 0.15) is 0 Å². The van der Waals surface area contributed by atoms with E-state index in [-0.39, 0.29) is 15.7 Å². The highest BCUT2D eigenvalue weighted by Gasteiger charge is 2.32. The molecule has 2 rings (SSSR count). The van der Waals surface area contributed by atoms with Crippen molar-refractivity contribution in [3.63, 3.8) is 0 Å². The third-order valence-electron chi connectivity index (χ3n) is 3.22. The molecule has 0 atom stereocenters. The van der Waals surface area contributed by atoms with Crippen LogP contribution in [0.15, 0.2) is 11.2 Å². The van der Waals surface area contributed by atoms with Crippen LogP contribution in [0.5, 0.6) is 0 Å². The van der Waals surface area contributed by atoms with Gasteiger partial charge < -0.3 is 0 Å². The van der Waals surface area contributed by atoms with Crippen LogP contribution in [0.25, 0.3) is 0 Å². The molecule has 19 heavy (non-hydrogen) atoms. The number of aromatic amines is 1. The van der Waals surface area contributed by atoms with Gasteiger partial charge in [-0.15, -0.1) is 11.6 Å². The summed E-state index contributed by atoms with van der Waals surface area (Å²) in [6.45, 7) is 5.35. The van der Waals surface area contributed by atoms with Gasteiger partial charge in [0.15, 0.2) is 5.03 Å². The molecule has 0 aromatic carbocycles. The van der Waals surface area contributed by atoms with Crippen LogP contribution < -0.4 is 0 Å². The van der Waals surface area contributed by atoms with E-state index in [0.717, 1.165) is 12.2 Å². The number of hydrogen-bond acceptors (Lipinski definition) is 4. The highest BCUT2D eigenvalue weighted by Crippen LogP contribution is 2.32. The molecule has 1 aliphatic heterocycles. The summed E-state index contributed by atoms with van der Waals surface area (Å²) in [4.78, 5) is 0. The third kappa shape index (κ3) is 3.26. The summed E-state index contributed by atoms with van der Waals surface area (Å²) < 4.78 is 26.8. The van der Waals surface area contributed by atoms with E-state index in [2.05, 4.69) is 24.0 Å². The van der Waals surface area contributed by atoms with Crippen LogP contribution in [-0.4, -0.2) is 46.5 Å². The maximum Gasteiger partial charge on any atom is 0.260 e. The van der Waals surface area contributed by atoms with Crippen molar-refractivity contribution in [3.05, 3.63) is 11.8 Å². The van der Waals surface area contributed by atoms with Crippen LogP contribution >= 0.6 is 23.4 Å². The lowest BCUT2D eigenvalue weighted by Gasteiger charge is -2.22. The predicted octanol–water partition coefficient (Wildman–Crippen LogP) is 2.05. The van der Waals surface area contributed by atoms with E-state index < -0.39 is 10.0 Å². The monoisotopic (exact) mass is 323 g/mol. The van der Waals surface area contributed by atoms with Crippen LogP contribution in [0.1, 0.15) is 25.8 Å². The van der Waals surface area contributed by atoms with Crippen molar-refractivity contribution in [2.24, 2.45) is 0 Å². The zero-order valence-electron chi connectivity index (χ0n) is 11.0. The number of aromatic nitrogens is 2. The van der Waals surface area contributed by atoms with Gasteiger partial charge in [-0.2, -0.15) is 21.2 Å². The molecule has 8 heteroatoms. The molecule has 0 radical (unpaired) electrons. The molecule has 0 amide bonds. The summed E-state index contributed by atoms with van der Waals surface area (Å²) in [6, 6.07) is 0. The fourth-order valence-electron chi connectivity index (χ4n) is 1.99. The highest BCUT2D eigenvalue weighted by atomic mass is 35.5. The number of hydrogen-bond donors (Lipinski definition) is 1. The second-order valence-electron chi connectivity index (χ2n) is 5.12. The summed E-state index contributed by atoms with van der Waals surface area (Å²) in [6.07, 6.45) is 2.30.